The van der Waals surface area contributed by atoms with E-state index >= 15 is 0 Å². The number of benzene rings is 12. The number of rotatable bonds is 11. The molecule has 14 aromatic rings. The minimum absolute atomic E-state index is 0.621. The minimum atomic E-state index is 0.621. The molecule has 2 nitrogen and oxygen atoms in total. The summed E-state index contributed by atoms with van der Waals surface area (Å²) in [4.78, 5) is 5.08. The van der Waals surface area contributed by atoms with Crippen molar-refractivity contribution in [1.29, 1.82) is 0 Å². The van der Waals surface area contributed by atoms with Crippen molar-refractivity contribution in [3.8, 4) is 44.5 Å². The summed E-state index contributed by atoms with van der Waals surface area (Å²) in [6.45, 7) is 0.621. The van der Waals surface area contributed by atoms with E-state index in [2.05, 4.69) is 289 Å². The normalized spacial score (nSPS) is 11.5. The Hall–Kier alpha value is -9.06. The van der Waals surface area contributed by atoms with Crippen LogP contribution in [0.15, 0.2) is 279 Å². The maximum atomic E-state index is 2.55. The van der Waals surface area contributed by atoms with E-state index in [-0.39, 0.29) is 0 Å². The second-order valence-electron chi connectivity index (χ2n) is 19.2. The van der Waals surface area contributed by atoms with E-state index in [0.29, 0.717) is 6.54 Å². The van der Waals surface area contributed by atoms with Gasteiger partial charge in [-0.05, 0) is 128 Å². The summed E-state index contributed by atoms with van der Waals surface area (Å²) in [7, 11) is 0. The Morgan fingerprint density at radius 1 is 0.280 bits per heavy atom. The Morgan fingerprint density at radius 3 is 1.28 bits per heavy atom. The van der Waals surface area contributed by atoms with Crippen molar-refractivity contribution >= 4 is 102 Å². The van der Waals surface area contributed by atoms with Gasteiger partial charge in [0.2, 0.25) is 0 Å². The molecule has 0 amide bonds. The van der Waals surface area contributed by atoms with Gasteiger partial charge in [-0.1, -0.05) is 206 Å². The van der Waals surface area contributed by atoms with Crippen LogP contribution >= 0.6 is 22.7 Å². The van der Waals surface area contributed by atoms with Gasteiger partial charge in [-0.3, -0.25) is 0 Å². The molecule has 0 saturated carbocycles. The summed E-state index contributed by atoms with van der Waals surface area (Å²) in [5, 5.41) is 7.46. The molecule has 0 aliphatic rings. The summed E-state index contributed by atoms with van der Waals surface area (Å²) in [5.74, 6) is 0. The first-order valence-electron chi connectivity index (χ1n) is 25.6. The smallest absolute Gasteiger partial charge is 0.0640 e. The van der Waals surface area contributed by atoms with Gasteiger partial charge in [0.25, 0.3) is 0 Å². The largest absolute Gasteiger partial charge is 0.336 e. The lowest BCUT2D eigenvalue weighted by atomic mass is 9.91. The number of thiophene rings is 2. The number of hydrogen-bond acceptors (Lipinski definition) is 4. The standard InChI is InChI=1S/C71H48N2S2/c1-5-19-48(20-6-1)51-35-39-57(40-36-51)72(65-31-17-29-61-59-27-13-15-33-68(59)74-70(61)65)47-56-45-64-55(44-63(56)53-25-11-4-12-26-53)43-54(50-23-9-3-10-24-50)46-67(64)73(58-41-37-52(38-42-58)49-21-7-2-8-22-49)66-32-18-30-62-60-28-14-16-34-69(60)75-71(62)66/h1-46H,47H2. The Balaban J connectivity index is 1.03. The molecule has 0 fully saturated rings. The first-order valence-corrected chi connectivity index (χ1v) is 27.2. The zero-order valence-electron chi connectivity index (χ0n) is 41.0. The lowest BCUT2D eigenvalue weighted by Crippen LogP contribution is -2.17. The first-order chi connectivity index (χ1) is 37.2. The van der Waals surface area contributed by atoms with Crippen LogP contribution in [-0.4, -0.2) is 0 Å². The third kappa shape index (κ3) is 8.22. The van der Waals surface area contributed by atoms with Crippen molar-refractivity contribution in [2.75, 3.05) is 9.80 Å². The van der Waals surface area contributed by atoms with E-state index < -0.39 is 0 Å². The molecule has 12 aromatic carbocycles. The maximum Gasteiger partial charge on any atom is 0.0640 e. The van der Waals surface area contributed by atoms with Gasteiger partial charge >= 0.3 is 0 Å². The molecule has 4 heteroatoms. The molecular weight excluding hydrogens is 945 g/mol. The van der Waals surface area contributed by atoms with Crippen LogP contribution in [0.4, 0.5) is 28.4 Å². The predicted octanol–water partition coefficient (Wildman–Crippen LogP) is 21.1. The summed E-state index contributed by atoms with van der Waals surface area (Å²) < 4.78 is 5.11. The van der Waals surface area contributed by atoms with Gasteiger partial charge < -0.3 is 9.80 Å². The SMILES string of the molecule is c1ccc(-c2ccc(N(Cc3cc4c(N(c5ccc(-c6ccccc6)cc5)c5cccc6c5sc5ccccc56)cc(-c5ccccc5)cc4cc3-c3ccccc3)c3cccc4c3sc3ccccc34)cc2)cc1. The quantitative estimate of drug-likeness (QED) is 0.127. The van der Waals surface area contributed by atoms with Crippen molar-refractivity contribution in [2.45, 2.75) is 6.54 Å². The van der Waals surface area contributed by atoms with E-state index in [4.69, 9.17) is 0 Å². The molecule has 14 rings (SSSR count). The number of anilines is 5. The van der Waals surface area contributed by atoms with Crippen LogP contribution in [0, 0.1) is 0 Å². The Bertz CT molecular complexity index is 4350. The van der Waals surface area contributed by atoms with E-state index in [0.717, 1.165) is 28.3 Å². The van der Waals surface area contributed by atoms with Crippen LogP contribution in [-0.2, 0) is 6.54 Å². The topological polar surface area (TPSA) is 6.48 Å². The van der Waals surface area contributed by atoms with Crippen molar-refractivity contribution < 1.29 is 0 Å². The van der Waals surface area contributed by atoms with Crippen LogP contribution in [0.1, 0.15) is 5.56 Å². The average Bonchev–Trinajstić information content (AvgIpc) is 4.09. The molecule has 0 N–H and O–H groups in total. The van der Waals surface area contributed by atoms with E-state index in [1.54, 1.807) is 0 Å². The highest BCUT2D eigenvalue weighted by molar-refractivity contribution is 7.26. The highest BCUT2D eigenvalue weighted by Crippen LogP contribution is 2.50. The van der Waals surface area contributed by atoms with Gasteiger partial charge in [-0.15, -0.1) is 22.7 Å². The predicted molar refractivity (Wildman–Crippen MR) is 325 cm³/mol. The van der Waals surface area contributed by atoms with Crippen LogP contribution in [0.2, 0.25) is 0 Å². The number of fused-ring (bicyclic) bond motifs is 7. The molecule has 0 radical (unpaired) electrons. The molecule has 0 spiro atoms. The highest BCUT2D eigenvalue weighted by atomic mass is 32.1. The van der Waals surface area contributed by atoms with Crippen LogP contribution in [0.25, 0.3) is 95.6 Å². The first kappa shape index (κ1) is 44.6. The Labute approximate surface area is 444 Å². The second kappa shape index (κ2) is 19.1. The molecule has 0 aliphatic heterocycles. The monoisotopic (exact) mass is 992 g/mol. The fourth-order valence-electron chi connectivity index (χ4n) is 11.1. The number of hydrogen-bond donors (Lipinski definition) is 0. The third-order valence-corrected chi connectivity index (χ3v) is 17.2. The van der Waals surface area contributed by atoms with Crippen molar-refractivity contribution in [3.05, 3.63) is 285 Å². The molecule has 0 atom stereocenters. The third-order valence-electron chi connectivity index (χ3n) is 14.7. The van der Waals surface area contributed by atoms with Gasteiger partial charge in [-0.25, -0.2) is 0 Å². The summed E-state index contributed by atoms with van der Waals surface area (Å²) in [6.07, 6.45) is 0. The van der Waals surface area contributed by atoms with Crippen LogP contribution in [0.3, 0.4) is 0 Å². The summed E-state index contributed by atoms with van der Waals surface area (Å²) in [5.41, 5.74) is 16.4. The van der Waals surface area contributed by atoms with E-state index in [9.17, 15) is 0 Å². The molecule has 2 aromatic heterocycles. The van der Waals surface area contributed by atoms with Gasteiger partial charge in [0, 0.05) is 54.3 Å². The second-order valence-corrected chi connectivity index (χ2v) is 21.3. The molecule has 2 heterocycles. The molecule has 0 saturated heterocycles. The minimum Gasteiger partial charge on any atom is -0.336 e. The van der Waals surface area contributed by atoms with E-state index in [1.807, 2.05) is 22.7 Å². The molecule has 0 aliphatic carbocycles. The fourth-order valence-corrected chi connectivity index (χ4v) is 13.5. The van der Waals surface area contributed by atoms with Gasteiger partial charge in [-0.2, -0.15) is 0 Å². The average molecular weight is 993 g/mol. The van der Waals surface area contributed by atoms with Gasteiger partial charge in [0.15, 0.2) is 0 Å². The lowest BCUT2D eigenvalue weighted by molar-refractivity contribution is 0.986. The van der Waals surface area contributed by atoms with Crippen LogP contribution < -0.4 is 9.80 Å². The zero-order valence-corrected chi connectivity index (χ0v) is 42.6. The molecular formula is C71H48N2S2. The zero-order chi connectivity index (χ0) is 49.7. The van der Waals surface area contributed by atoms with E-state index in [1.165, 1.54) is 101 Å². The fraction of sp³-hybridized carbons (Fsp3) is 0.0141. The Morgan fingerprint density at radius 2 is 0.720 bits per heavy atom. The van der Waals surface area contributed by atoms with Crippen LogP contribution in [0.5, 0.6) is 0 Å². The van der Waals surface area contributed by atoms with Crippen molar-refractivity contribution in [2.24, 2.45) is 0 Å². The van der Waals surface area contributed by atoms with Crippen molar-refractivity contribution in [3.63, 3.8) is 0 Å². The molecule has 75 heavy (non-hydrogen) atoms. The molecule has 0 bridgehead atoms. The lowest BCUT2D eigenvalue weighted by Gasteiger charge is -2.30. The molecule has 354 valence electrons. The van der Waals surface area contributed by atoms with Gasteiger partial charge in [0.1, 0.15) is 0 Å². The van der Waals surface area contributed by atoms with Crippen molar-refractivity contribution in [1.82, 2.24) is 0 Å². The summed E-state index contributed by atoms with van der Waals surface area (Å²) in [6, 6.07) is 103. The summed E-state index contributed by atoms with van der Waals surface area (Å²) >= 11 is 3.75. The number of nitrogens with zero attached hydrogens (tertiary/aromatic N) is 2. The molecule has 0 unspecified atom stereocenters. The highest BCUT2D eigenvalue weighted by Gasteiger charge is 2.25. The Kier molecular flexibility index (Phi) is 11.4. The van der Waals surface area contributed by atoms with Gasteiger partial charge in [0.05, 0.1) is 26.5 Å². The maximum absolute atomic E-state index is 2.55.